The zero-order chi connectivity index (χ0) is 17.6. The smallest absolute Gasteiger partial charge is 0.136 e. The summed E-state index contributed by atoms with van der Waals surface area (Å²) in [4.78, 5) is 9.90. The Balaban J connectivity index is 1.27. The summed E-state index contributed by atoms with van der Waals surface area (Å²) in [6.45, 7) is 6.91. The maximum Gasteiger partial charge on any atom is 0.136 e. The summed E-state index contributed by atoms with van der Waals surface area (Å²) in [6.07, 6.45) is 10.1. The van der Waals surface area contributed by atoms with Crippen molar-refractivity contribution in [2.75, 3.05) is 44.2 Å². The van der Waals surface area contributed by atoms with E-state index in [1.54, 1.807) is 0 Å². The van der Waals surface area contributed by atoms with Crippen molar-refractivity contribution in [3.05, 3.63) is 30.7 Å². The minimum atomic E-state index is 0.635. The number of pyridine rings is 1. The highest BCUT2D eigenvalue weighted by Crippen LogP contribution is 2.43. The second-order valence-electron chi connectivity index (χ2n) is 8.30. The molecule has 2 aromatic heterocycles. The number of hydrogen-bond acceptors (Lipinski definition) is 5. The van der Waals surface area contributed by atoms with Crippen LogP contribution >= 0.6 is 0 Å². The molecular formula is C20H28N6. The van der Waals surface area contributed by atoms with E-state index >= 15 is 0 Å². The van der Waals surface area contributed by atoms with Gasteiger partial charge in [0, 0.05) is 75.9 Å². The molecule has 0 aromatic carbocycles. The Hall–Kier alpha value is -1.92. The van der Waals surface area contributed by atoms with Crippen LogP contribution in [0.2, 0.25) is 0 Å². The molecule has 2 aliphatic heterocycles. The lowest BCUT2D eigenvalue weighted by atomic mass is 9.80. The van der Waals surface area contributed by atoms with Crippen LogP contribution in [0, 0.1) is 5.41 Å². The van der Waals surface area contributed by atoms with Crippen LogP contribution < -0.4 is 10.2 Å². The molecule has 138 valence electrons. The molecule has 1 aliphatic carbocycles. The highest BCUT2D eigenvalue weighted by molar-refractivity contribution is 5.75. The summed E-state index contributed by atoms with van der Waals surface area (Å²) < 4.78 is 1.86. The van der Waals surface area contributed by atoms with Crippen molar-refractivity contribution < 1.29 is 0 Å². The molecule has 2 aromatic rings. The lowest BCUT2D eigenvalue weighted by Crippen LogP contribution is -2.54. The highest BCUT2D eigenvalue weighted by atomic mass is 15.3. The molecule has 0 unspecified atom stereocenters. The van der Waals surface area contributed by atoms with E-state index in [9.17, 15) is 0 Å². The fourth-order valence-electron chi connectivity index (χ4n) is 5.02. The van der Waals surface area contributed by atoms with Crippen molar-refractivity contribution in [3.63, 3.8) is 0 Å². The monoisotopic (exact) mass is 352 g/mol. The number of piperazine rings is 1. The van der Waals surface area contributed by atoms with Crippen LogP contribution in [0.4, 0.5) is 5.82 Å². The lowest BCUT2D eigenvalue weighted by molar-refractivity contribution is 0.135. The van der Waals surface area contributed by atoms with Gasteiger partial charge in [0.1, 0.15) is 5.82 Å². The normalized spacial score (nSPS) is 25.6. The summed E-state index contributed by atoms with van der Waals surface area (Å²) in [7, 11) is 1.96. The Morgan fingerprint density at radius 3 is 2.69 bits per heavy atom. The summed E-state index contributed by atoms with van der Waals surface area (Å²) in [5, 5.41) is 7.81. The van der Waals surface area contributed by atoms with Crippen molar-refractivity contribution in [3.8, 4) is 11.1 Å². The third kappa shape index (κ3) is 2.81. The highest BCUT2D eigenvalue weighted by Gasteiger charge is 2.45. The Morgan fingerprint density at radius 2 is 2.04 bits per heavy atom. The number of aromatic nitrogens is 3. The second-order valence-corrected chi connectivity index (χ2v) is 8.30. The molecule has 0 bridgehead atoms. The Morgan fingerprint density at radius 1 is 1.19 bits per heavy atom. The summed E-state index contributed by atoms with van der Waals surface area (Å²) in [5.74, 6) is 1.10. The van der Waals surface area contributed by atoms with Crippen LogP contribution in [-0.2, 0) is 7.05 Å². The zero-order valence-corrected chi connectivity index (χ0v) is 15.6. The molecule has 1 N–H and O–H groups in total. The third-order valence-electron chi connectivity index (χ3n) is 6.61. The fraction of sp³-hybridized carbons (Fsp3) is 0.600. The standard InChI is InChI=1S/C20H28N6/c1-24-13-16(12-23-24)18-3-2-6-22-19(18)26-9-7-25(8-10-26)17-4-5-20(11-17)14-21-15-20/h2-3,6,12-13,17,21H,4-5,7-11,14-15H2,1H3/t17-/m1/s1. The molecule has 1 saturated carbocycles. The molecule has 6 nitrogen and oxygen atoms in total. The van der Waals surface area contributed by atoms with Crippen molar-refractivity contribution in [1.82, 2.24) is 25.0 Å². The Labute approximate surface area is 155 Å². The van der Waals surface area contributed by atoms with E-state index in [0.29, 0.717) is 5.41 Å². The van der Waals surface area contributed by atoms with Crippen LogP contribution in [-0.4, -0.2) is 65.0 Å². The third-order valence-corrected chi connectivity index (χ3v) is 6.61. The van der Waals surface area contributed by atoms with E-state index in [4.69, 9.17) is 4.98 Å². The molecule has 1 spiro atoms. The predicted octanol–water partition coefficient (Wildman–Crippen LogP) is 1.75. The van der Waals surface area contributed by atoms with Crippen molar-refractivity contribution in [2.45, 2.75) is 25.3 Å². The average Bonchev–Trinajstić information content (AvgIpc) is 3.29. The molecule has 6 heteroatoms. The van der Waals surface area contributed by atoms with Crippen molar-refractivity contribution in [2.24, 2.45) is 12.5 Å². The van der Waals surface area contributed by atoms with Crippen molar-refractivity contribution >= 4 is 5.82 Å². The molecule has 0 radical (unpaired) electrons. The molecule has 3 fully saturated rings. The minimum Gasteiger partial charge on any atom is -0.354 e. The zero-order valence-electron chi connectivity index (χ0n) is 15.6. The molecule has 26 heavy (non-hydrogen) atoms. The van der Waals surface area contributed by atoms with Crippen molar-refractivity contribution in [1.29, 1.82) is 0 Å². The van der Waals surface area contributed by atoms with Gasteiger partial charge in [0.2, 0.25) is 0 Å². The van der Waals surface area contributed by atoms with Gasteiger partial charge in [0.15, 0.2) is 0 Å². The van der Waals surface area contributed by atoms with Crippen LogP contribution in [0.5, 0.6) is 0 Å². The number of rotatable bonds is 3. The Kier molecular flexibility index (Phi) is 3.98. The number of nitrogens with one attached hydrogen (secondary N) is 1. The molecule has 1 atom stereocenters. The topological polar surface area (TPSA) is 49.2 Å². The molecular weight excluding hydrogens is 324 g/mol. The second kappa shape index (κ2) is 6.35. The SMILES string of the molecule is Cn1cc(-c2cccnc2N2CCN([C@@H]3CCC4(CNC4)C3)CC2)cn1. The van der Waals surface area contributed by atoms with Crippen LogP contribution in [0.3, 0.4) is 0 Å². The minimum absolute atomic E-state index is 0.635. The first kappa shape index (κ1) is 16.3. The van der Waals surface area contributed by atoms with Gasteiger partial charge in [-0.25, -0.2) is 4.98 Å². The molecule has 4 heterocycles. The fourth-order valence-corrected chi connectivity index (χ4v) is 5.02. The van der Waals surface area contributed by atoms with Crippen LogP contribution in [0.25, 0.3) is 11.1 Å². The molecule has 5 rings (SSSR count). The largest absolute Gasteiger partial charge is 0.354 e. The summed E-state index contributed by atoms with van der Waals surface area (Å²) in [5.41, 5.74) is 2.97. The first-order chi connectivity index (χ1) is 12.7. The average molecular weight is 352 g/mol. The van der Waals surface area contributed by atoms with Gasteiger partial charge >= 0.3 is 0 Å². The van der Waals surface area contributed by atoms with E-state index in [0.717, 1.165) is 43.6 Å². The van der Waals surface area contributed by atoms with Gasteiger partial charge in [-0.2, -0.15) is 5.10 Å². The predicted molar refractivity (Wildman–Crippen MR) is 103 cm³/mol. The van der Waals surface area contributed by atoms with Gasteiger partial charge in [-0.15, -0.1) is 0 Å². The molecule has 3 aliphatic rings. The molecule has 0 amide bonds. The summed E-state index contributed by atoms with van der Waals surface area (Å²) >= 11 is 0. The van der Waals surface area contributed by atoms with Gasteiger partial charge < -0.3 is 10.2 Å². The van der Waals surface area contributed by atoms with Gasteiger partial charge in [0.25, 0.3) is 0 Å². The van der Waals surface area contributed by atoms with E-state index in [1.165, 1.54) is 37.9 Å². The van der Waals surface area contributed by atoms with Crippen LogP contribution in [0.1, 0.15) is 19.3 Å². The van der Waals surface area contributed by atoms with Gasteiger partial charge in [0.05, 0.1) is 6.20 Å². The first-order valence-electron chi connectivity index (χ1n) is 9.86. The number of anilines is 1. The number of aryl methyl sites for hydroxylation is 1. The van der Waals surface area contributed by atoms with Gasteiger partial charge in [-0.1, -0.05) is 0 Å². The number of hydrogen-bond donors (Lipinski definition) is 1. The Bertz CT molecular complexity index is 772. The van der Waals surface area contributed by atoms with E-state index < -0.39 is 0 Å². The van der Waals surface area contributed by atoms with E-state index in [2.05, 4.69) is 32.5 Å². The maximum atomic E-state index is 4.72. The lowest BCUT2D eigenvalue weighted by Gasteiger charge is -2.42. The molecule has 2 saturated heterocycles. The number of nitrogens with zero attached hydrogens (tertiary/aromatic N) is 5. The van der Waals surface area contributed by atoms with Gasteiger partial charge in [-0.05, 0) is 36.8 Å². The van der Waals surface area contributed by atoms with E-state index in [1.807, 2.05) is 30.2 Å². The quantitative estimate of drug-likeness (QED) is 0.912. The van der Waals surface area contributed by atoms with Crippen LogP contribution in [0.15, 0.2) is 30.7 Å². The van der Waals surface area contributed by atoms with Gasteiger partial charge in [-0.3, -0.25) is 9.58 Å². The van der Waals surface area contributed by atoms with E-state index in [-0.39, 0.29) is 0 Å². The maximum absolute atomic E-state index is 4.72. The summed E-state index contributed by atoms with van der Waals surface area (Å²) in [6, 6.07) is 4.98. The first-order valence-corrected chi connectivity index (χ1v) is 9.86.